The van der Waals surface area contributed by atoms with E-state index in [-0.39, 0.29) is 18.4 Å². The first-order valence-electron chi connectivity index (χ1n) is 8.45. The zero-order chi connectivity index (χ0) is 18.4. The number of rotatable bonds is 6. The minimum absolute atomic E-state index is 0.0910. The van der Waals surface area contributed by atoms with Gasteiger partial charge in [0.05, 0.1) is 11.6 Å². The maximum absolute atomic E-state index is 11.9. The molecule has 2 aromatic rings. The minimum atomic E-state index is -0.229. The van der Waals surface area contributed by atoms with Crippen LogP contribution >= 0.6 is 0 Å². The summed E-state index contributed by atoms with van der Waals surface area (Å²) in [6.45, 7) is 1.07. The van der Waals surface area contributed by atoms with Gasteiger partial charge in [-0.3, -0.25) is 9.59 Å². The fraction of sp³-hybridized carbons (Fsp3) is 0.250. The van der Waals surface area contributed by atoms with E-state index in [9.17, 15) is 9.59 Å². The predicted octanol–water partition coefficient (Wildman–Crippen LogP) is 2.38. The van der Waals surface area contributed by atoms with Crippen LogP contribution in [0.4, 0.5) is 5.69 Å². The van der Waals surface area contributed by atoms with E-state index in [1.807, 2.05) is 30.3 Å². The summed E-state index contributed by atoms with van der Waals surface area (Å²) < 4.78 is 5.39. The van der Waals surface area contributed by atoms with Gasteiger partial charge in [0.2, 0.25) is 5.91 Å². The lowest BCUT2D eigenvalue weighted by atomic mass is 10.2. The molecule has 0 atom stereocenters. The molecule has 0 bridgehead atoms. The molecule has 1 saturated heterocycles. The number of nitriles is 1. The maximum Gasteiger partial charge on any atom is 0.258 e. The molecule has 26 heavy (non-hydrogen) atoms. The number of carbonyl (C=O) groups is 2. The van der Waals surface area contributed by atoms with Crippen molar-refractivity contribution in [3.05, 3.63) is 59.7 Å². The zero-order valence-electron chi connectivity index (χ0n) is 14.3. The van der Waals surface area contributed by atoms with Crippen LogP contribution in [0.2, 0.25) is 0 Å². The molecule has 1 N–H and O–H groups in total. The fourth-order valence-corrected chi connectivity index (χ4v) is 2.74. The lowest BCUT2D eigenvalue weighted by Crippen LogP contribution is -2.28. The molecule has 3 rings (SSSR count). The highest BCUT2D eigenvalue weighted by Crippen LogP contribution is 2.21. The van der Waals surface area contributed by atoms with Gasteiger partial charge in [-0.1, -0.05) is 12.1 Å². The van der Waals surface area contributed by atoms with Crippen molar-refractivity contribution in [2.24, 2.45) is 0 Å². The normalized spacial score (nSPS) is 13.3. The van der Waals surface area contributed by atoms with E-state index in [0.717, 1.165) is 24.2 Å². The Hall–Kier alpha value is -3.33. The van der Waals surface area contributed by atoms with Crippen LogP contribution in [0.25, 0.3) is 0 Å². The Bertz CT molecular complexity index is 823. The maximum atomic E-state index is 11.9. The summed E-state index contributed by atoms with van der Waals surface area (Å²) in [5, 5.41) is 11.5. The summed E-state index contributed by atoms with van der Waals surface area (Å²) in [5.41, 5.74) is 2.39. The van der Waals surface area contributed by atoms with Crippen molar-refractivity contribution in [3.8, 4) is 11.8 Å². The first-order chi connectivity index (χ1) is 12.7. The molecule has 2 aromatic carbocycles. The van der Waals surface area contributed by atoms with Crippen molar-refractivity contribution in [3.63, 3.8) is 0 Å². The number of anilines is 1. The summed E-state index contributed by atoms with van der Waals surface area (Å²) in [4.78, 5) is 25.4. The Kier molecular flexibility index (Phi) is 5.49. The standard InChI is InChI=1S/C20H19N3O3/c21-12-15-5-9-18(10-6-15)26-14-19(24)22-13-16-3-7-17(8-4-16)23-11-1-2-20(23)25/h3-10H,1-2,11,13-14H2,(H,22,24). The number of nitrogens with one attached hydrogen (secondary N) is 1. The van der Waals surface area contributed by atoms with E-state index in [4.69, 9.17) is 10.00 Å². The number of carbonyl (C=O) groups excluding carboxylic acids is 2. The molecule has 6 heteroatoms. The van der Waals surface area contributed by atoms with Gasteiger partial charge in [0, 0.05) is 25.2 Å². The first kappa shape index (κ1) is 17.5. The molecule has 1 aliphatic rings. The van der Waals surface area contributed by atoms with Gasteiger partial charge in [0.25, 0.3) is 5.91 Å². The van der Waals surface area contributed by atoms with E-state index < -0.39 is 0 Å². The molecular formula is C20H19N3O3. The molecule has 0 unspecified atom stereocenters. The Labute approximate surface area is 152 Å². The van der Waals surface area contributed by atoms with Crippen molar-refractivity contribution >= 4 is 17.5 Å². The largest absolute Gasteiger partial charge is 0.484 e. The van der Waals surface area contributed by atoms with Gasteiger partial charge in [-0.15, -0.1) is 0 Å². The second-order valence-electron chi connectivity index (χ2n) is 6.02. The van der Waals surface area contributed by atoms with Gasteiger partial charge in [0.15, 0.2) is 6.61 Å². The molecule has 0 aromatic heterocycles. The van der Waals surface area contributed by atoms with Gasteiger partial charge in [-0.25, -0.2) is 0 Å². The van der Waals surface area contributed by atoms with Crippen molar-refractivity contribution in [1.29, 1.82) is 5.26 Å². The highest BCUT2D eigenvalue weighted by molar-refractivity contribution is 5.95. The van der Waals surface area contributed by atoms with Crippen LogP contribution in [0.5, 0.6) is 5.75 Å². The number of nitrogens with zero attached hydrogens (tertiary/aromatic N) is 2. The van der Waals surface area contributed by atoms with Crippen LogP contribution in [-0.4, -0.2) is 25.0 Å². The number of hydrogen-bond acceptors (Lipinski definition) is 4. The van der Waals surface area contributed by atoms with E-state index in [1.165, 1.54) is 0 Å². The molecule has 0 spiro atoms. The van der Waals surface area contributed by atoms with Gasteiger partial charge < -0.3 is 15.0 Å². The highest BCUT2D eigenvalue weighted by Gasteiger charge is 2.21. The van der Waals surface area contributed by atoms with Crippen LogP contribution in [0.15, 0.2) is 48.5 Å². The summed E-state index contributed by atoms with van der Waals surface area (Å²) >= 11 is 0. The number of benzene rings is 2. The average molecular weight is 349 g/mol. The summed E-state index contributed by atoms with van der Waals surface area (Å²) in [6, 6.07) is 16.2. The van der Waals surface area contributed by atoms with Crippen LogP contribution in [0.3, 0.4) is 0 Å². The Balaban J connectivity index is 1.45. The molecule has 0 aliphatic carbocycles. The van der Waals surface area contributed by atoms with Gasteiger partial charge in [-0.2, -0.15) is 5.26 Å². The molecule has 1 fully saturated rings. The minimum Gasteiger partial charge on any atom is -0.484 e. The number of hydrogen-bond donors (Lipinski definition) is 1. The average Bonchev–Trinajstić information content (AvgIpc) is 3.11. The molecule has 1 aliphatic heterocycles. The van der Waals surface area contributed by atoms with Crippen molar-refractivity contribution in [2.45, 2.75) is 19.4 Å². The third kappa shape index (κ3) is 4.39. The van der Waals surface area contributed by atoms with Crippen molar-refractivity contribution in [1.82, 2.24) is 5.32 Å². The van der Waals surface area contributed by atoms with E-state index in [0.29, 0.717) is 24.3 Å². The molecule has 6 nitrogen and oxygen atoms in total. The Morgan fingerprint density at radius 1 is 1.15 bits per heavy atom. The SMILES string of the molecule is N#Cc1ccc(OCC(=O)NCc2ccc(N3CCCC3=O)cc2)cc1. The van der Waals surface area contributed by atoms with Gasteiger partial charge in [-0.05, 0) is 48.4 Å². The Morgan fingerprint density at radius 2 is 1.88 bits per heavy atom. The molecule has 1 heterocycles. The zero-order valence-corrected chi connectivity index (χ0v) is 14.3. The fourth-order valence-electron chi connectivity index (χ4n) is 2.74. The quantitative estimate of drug-likeness (QED) is 0.868. The second-order valence-corrected chi connectivity index (χ2v) is 6.02. The van der Waals surface area contributed by atoms with Crippen LogP contribution in [-0.2, 0) is 16.1 Å². The molecular weight excluding hydrogens is 330 g/mol. The Morgan fingerprint density at radius 3 is 2.50 bits per heavy atom. The molecule has 0 radical (unpaired) electrons. The van der Waals surface area contributed by atoms with Gasteiger partial charge in [0.1, 0.15) is 5.75 Å². The summed E-state index contributed by atoms with van der Waals surface area (Å²) in [6.07, 6.45) is 1.51. The third-order valence-electron chi connectivity index (χ3n) is 4.16. The monoisotopic (exact) mass is 349 g/mol. The first-order valence-corrected chi connectivity index (χ1v) is 8.45. The highest BCUT2D eigenvalue weighted by atomic mass is 16.5. The molecule has 0 saturated carbocycles. The summed E-state index contributed by atoms with van der Waals surface area (Å²) in [5.74, 6) is 0.470. The van der Waals surface area contributed by atoms with Crippen LogP contribution < -0.4 is 15.0 Å². The second kappa shape index (κ2) is 8.17. The predicted molar refractivity (Wildman–Crippen MR) is 96.5 cm³/mol. The van der Waals surface area contributed by atoms with Crippen molar-refractivity contribution in [2.75, 3.05) is 18.1 Å². The summed E-state index contributed by atoms with van der Waals surface area (Å²) in [7, 11) is 0. The van der Waals surface area contributed by atoms with Crippen LogP contribution in [0.1, 0.15) is 24.0 Å². The third-order valence-corrected chi connectivity index (χ3v) is 4.16. The number of ether oxygens (including phenoxy) is 1. The van der Waals surface area contributed by atoms with Gasteiger partial charge >= 0.3 is 0 Å². The van der Waals surface area contributed by atoms with E-state index in [1.54, 1.807) is 29.2 Å². The smallest absolute Gasteiger partial charge is 0.258 e. The lowest BCUT2D eigenvalue weighted by molar-refractivity contribution is -0.123. The molecule has 132 valence electrons. The van der Waals surface area contributed by atoms with E-state index >= 15 is 0 Å². The molecule has 2 amide bonds. The van der Waals surface area contributed by atoms with Crippen LogP contribution in [0, 0.1) is 11.3 Å². The van der Waals surface area contributed by atoms with Crippen molar-refractivity contribution < 1.29 is 14.3 Å². The number of amides is 2. The van der Waals surface area contributed by atoms with E-state index in [2.05, 4.69) is 5.32 Å². The topological polar surface area (TPSA) is 82.4 Å². The lowest BCUT2D eigenvalue weighted by Gasteiger charge is -2.16.